The predicted molar refractivity (Wildman–Crippen MR) is 123 cm³/mol. The summed E-state index contributed by atoms with van der Waals surface area (Å²) < 4.78 is 44.6. The second-order valence-corrected chi connectivity index (χ2v) is 9.96. The summed E-state index contributed by atoms with van der Waals surface area (Å²) in [6.45, 7) is 3.85. The molecule has 7 nitrogen and oxygen atoms in total. The van der Waals surface area contributed by atoms with Crippen LogP contribution in [0.25, 0.3) is 0 Å². The maximum atomic E-state index is 13.2. The van der Waals surface area contributed by atoms with Crippen LogP contribution in [0.1, 0.15) is 43.7 Å². The van der Waals surface area contributed by atoms with Crippen molar-refractivity contribution in [3.05, 3.63) is 35.5 Å². The minimum atomic E-state index is -4.20. The second kappa shape index (κ2) is 8.41. The maximum absolute atomic E-state index is 13.2. The van der Waals surface area contributed by atoms with E-state index in [1.165, 1.54) is 4.90 Å². The molecule has 2 atom stereocenters. The zero-order valence-electron chi connectivity index (χ0n) is 19.2. The van der Waals surface area contributed by atoms with Crippen LogP contribution < -0.4 is 10.1 Å². The molecule has 0 saturated carbocycles. The number of halogens is 3. The van der Waals surface area contributed by atoms with Gasteiger partial charge in [-0.25, -0.2) is 5.01 Å². The molecule has 0 radical (unpaired) electrons. The Bertz CT molecular complexity index is 1060. The topological polar surface area (TPSA) is 69.5 Å². The summed E-state index contributed by atoms with van der Waals surface area (Å²) in [5, 5.41) is 9.00. The van der Waals surface area contributed by atoms with Crippen molar-refractivity contribution in [3.8, 4) is 5.75 Å². The van der Waals surface area contributed by atoms with Crippen molar-refractivity contribution in [2.75, 3.05) is 25.0 Å². The van der Waals surface area contributed by atoms with Gasteiger partial charge in [-0.2, -0.15) is 18.3 Å². The van der Waals surface area contributed by atoms with Crippen molar-refractivity contribution in [1.82, 2.24) is 9.91 Å². The molecule has 34 heavy (non-hydrogen) atoms. The quantitative estimate of drug-likeness (QED) is 0.717. The first-order valence-corrected chi connectivity index (χ1v) is 11.6. The number of allylic oxidation sites excluding steroid dienone is 1. The number of hydrogen-bond acceptors (Lipinski definition) is 6. The van der Waals surface area contributed by atoms with Crippen molar-refractivity contribution < 1.29 is 22.7 Å². The van der Waals surface area contributed by atoms with Crippen LogP contribution in [0.5, 0.6) is 5.75 Å². The van der Waals surface area contributed by atoms with Crippen LogP contribution >= 0.6 is 0 Å². The van der Waals surface area contributed by atoms with Gasteiger partial charge in [0.1, 0.15) is 17.3 Å². The van der Waals surface area contributed by atoms with Gasteiger partial charge in [-0.1, -0.05) is 0 Å². The number of carbonyl (C=O) groups excluding carboxylic acids is 1. The molecule has 1 aromatic carbocycles. The van der Waals surface area contributed by atoms with Gasteiger partial charge in [0.2, 0.25) is 5.91 Å². The number of aliphatic imine (C=N–C) groups is 1. The third kappa shape index (κ3) is 4.68. The van der Waals surface area contributed by atoms with E-state index in [4.69, 9.17) is 4.74 Å². The fourth-order valence-corrected chi connectivity index (χ4v) is 5.20. The Morgan fingerprint density at radius 1 is 1.26 bits per heavy atom. The summed E-state index contributed by atoms with van der Waals surface area (Å²) in [7, 11) is 0. The lowest BCUT2D eigenvalue weighted by Crippen LogP contribution is -2.40. The highest BCUT2D eigenvalue weighted by Crippen LogP contribution is 2.43. The summed E-state index contributed by atoms with van der Waals surface area (Å²) in [6, 6.07) is 3.94. The molecule has 1 fully saturated rings. The monoisotopic (exact) mass is 475 g/mol. The Labute approximate surface area is 196 Å². The molecule has 1 aromatic rings. The first kappa shape index (κ1) is 22.9. The van der Waals surface area contributed by atoms with E-state index in [0.717, 1.165) is 16.9 Å². The Morgan fingerprint density at radius 2 is 2.03 bits per heavy atom. The molecule has 1 amide bonds. The average Bonchev–Trinajstić information content (AvgIpc) is 3.31. The van der Waals surface area contributed by atoms with Gasteiger partial charge in [-0.15, -0.1) is 0 Å². The average molecular weight is 476 g/mol. The van der Waals surface area contributed by atoms with E-state index in [1.807, 2.05) is 26.0 Å². The number of hydrogen-bond donors (Lipinski definition) is 1. The molecule has 0 spiro atoms. The summed E-state index contributed by atoms with van der Waals surface area (Å²) in [4.78, 5) is 19.1. The molecule has 2 unspecified atom stereocenters. The molecular weight excluding hydrogens is 447 g/mol. The van der Waals surface area contributed by atoms with E-state index in [0.29, 0.717) is 38.0 Å². The molecule has 4 aliphatic heterocycles. The van der Waals surface area contributed by atoms with Crippen molar-refractivity contribution in [2.24, 2.45) is 16.0 Å². The van der Waals surface area contributed by atoms with E-state index in [1.54, 1.807) is 29.7 Å². The molecule has 0 aliphatic carbocycles. The molecule has 1 N–H and O–H groups in total. The van der Waals surface area contributed by atoms with Crippen LogP contribution in [0.4, 0.5) is 18.9 Å². The van der Waals surface area contributed by atoms with Gasteiger partial charge in [0.05, 0.1) is 6.54 Å². The SMILES string of the molecule is CC1(C)Cc2cc(NC(=O)C3C=NN4C=CC=NC34)c(C3CCN(CC(F)(F)F)CC3)cc2O1. The number of hydrazone groups is 1. The van der Waals surface area contributed by atoms with Gasteiger partial charge in [-0.3, -0.25) is 14.7 Å². The van der Waals surface area contributed by atoms with E-state index in [9.17, 15) is 18.0 Å². The Balaban J connectivity index is 1.37. The van der Waals surface area contributed by atoms with Crippen LogP contribution in [-0.4, -0.2) is 65.8 Å². The zero-order valence-corrected chi connectivity index (χ0v) is 19.2. The van der Waals surface area contributed by atoms with Gasteiger partial charge in [-0.05, 0) is 69.5 Å². The van der Waals surface area contributed by atoms with E-state index < -0.39 is 24.8 Å². The van der Waals surface area contributed by atoms with Gasteiger partial charge in [0, 0.05) is 36.3 Å². The summed E-state index contributed by atoms with van der Waals surface area (Å²) in [5.74, 6) is 0.0642. The Hall–Kier alpha value is -2.88. The standard InChI is InChI=1S/C24H28F3N5O2/c1-23(2)12-16-10-19(30-22(33)18-13-29-32-7-3-6-28-21(18)32)17(11-20(16)34-23)15-4-8-31(9-5-15)14-24(25,26)27/h3,6-7,10-11,13,15,18,21H,4-5,8-9,12,14H2,1-2H3,(H,30,33). The maximum Gasteiger partial charge on any atom is 0.401 e. The smallest absolute Gasteiger partial charge is 0.401 e. The normalized spacial score (nSPS) is 25.9. The fraction of sp³-hybridized carbons (Fsp3) is 0.542. The molecular formula is C24H28F3N5O2. The third-order valence-electron chi connectivity index (χ3n) is 6.74. The first-order chi connectivity index (χ1) is 16.1. The van der Waals surface area contributed by atoms with Gasteiger partial charge >= 0.3 is 6.18 Å². The number of anilines is 1. The summed E-state index contributed by atoms with van der Waals surface area (Å²) in [5.41, 5.74) is 2.27. The molecule has 0 aromatic heterocycles. The molecule has 182 valence electrons. The lowest BCUT2D eigenvalue weighted by atomic mass is 9.86. The Kier molecular flexibility index (Phi) is 5.66. The molecule has 10 heteroatoms. The molecule has 4 aliphatic rings. The number of alkyl halides is 3. The molecule has 0 bridgehead atoms. The van der Waals surface area contributed by atoms with Crippen LogP contribution in [-0.2, 0) is 11.2 Å². The van der Waals surface area contributed by atoms with Gasteiger partial charge in [0.15, 0.2) is 6.17 Å². The van der Waals surface area contributed by atoms with Crippen molar-refractivity contribution >= 4 is 24.0 Å². The van der Waals surface area contributed by atoms with Crippen LogP contribution in [0.2, 0.25) is 0 Å². The van der Waals surface area contributed by atoms with Crippen LogP contribution in [0.15, 0.2) is 34.5 Å². The minimum Gasteiger partial charge on any atom is -0.487 e. The highest BCUT2D eigenvalue weighted by atomic mass is 19.4. The second-order valence-electron chi connectivity index (χ2n) is 9.96. The first-order valence-electron chi connectivity index (χ1n) is 11.6. The van der Waals surface area contributed by atoms with Crippen LogP contribution in [0, 0.1) is 5.92 Å². The largest absolute Gasteiger partial charge is 0.487 e. The fourth-order valence-electron chi connectivity index (χ4n) is 5.20. The van der Waals surface area contributed by atoms with E-state index in [2.05, 4.69) is 15.4 Å². The van der Waals surface area contributed by atoms with Gasteiger partial charge in [0.25, 0.3) is 0 Å². The van der Waals surface area contributed by atoms with Crippen molar-refractivity contribution in [2.45, 2.75) is 57.0 Å². The van der Waals surface area contributed by atoms with Gasteiger partial charge < -0.3 is 10.1 Å². The predicted octanol–water partition coefficient (Wildman–Crippen LogP) is 3.92. The summed E-state index contributed by atoms with van der Waals surface area (Å²) in [6.07, 6.45) is 4.06. The number of rotatable bonds is 4. The number of nitrogens with zero attached hydrogens (tertiary/aromatic N) is 4. The molecule has 5 rings (SSSR count). The number of amides is 1. The highest BCUT2D eigenvalue weighted by Gasteiger charge is 2.38. The van der Waals surface area contributed by atoms with E-state index >= 15 is 0 Å². The van der Waals surface area contributed by atoms with Crippen LogP contribution in [0.3, 0.4) is 0 Å². The third-order valence-corrected chi connectivity index (χ3v) is 6.74. The number of likely N-dealkylation sites (tertiary alicyclic amines) is 1. The number of carbonyl (C=O) groups is 1. The number of ether oxygens (including phenoxy) is 1. The highest BCUT2D eigenvalue weighted by molar-refractivity contribution is 6.04. The summed E-state index contributed by atoms with van der Waals surface area (Å²) >= 11 is 0. The number of fused-ring (bicyclic) bond motifs is 2. The molecule has 1 saturated heterocycles. The number of nitrogens with one attached hydrogen (secondary N) is 1. The number of benzene rings is 1. The van der Waals surface area contributed by atoms with Crippen molar-refractivity contribution in [1.29, 1.82) is 0 Å². The number of piperidine rings is 1. The minimum absolute atomic E-state index is 0.0294. The van der Waals surface area contributed by atoms with E-state index in [-0.39, 0.29) is 17.4 Å². The van der Waals surface area contributed by atoms with Crippen molar-refractivity contribution in [3.63, 3.8) is 0 Å². The lowest BCUT2D eigenvalue weighted by molar-refractivity contribution is -0.148. The lowest BCUT2D eigenvalue weighted by Gasteiger charge is -2.33. The Morgan fingerprint density at radius 3 is 2.76 bits per heavy atom. The molecule has 4 heterocycles. The zero-order chi connectivity index (χ0) is 24.1.